The molecule has 1 aromatic carbocycles. The van der Waals surface area contributed by atoms with Crippen molar-refractivity contribution in [2.24, 2.45) is 0 Å². The molecule has 0 fully saturated rings. The molecule has 1 aromatic rings. The lowest BCUT2D eigenvalue weighted by atomic mass is 10.3. The van der Waals surface area contributed by atoms with Gasteiger partial charge in [0.05, 0.1) is 17.1 Å². The molecule has 64 valence electrons. The van der Waals surface area contributed by atoms with Crippen LogP contribution in [0.15, 0.2) is 12.1 Å². The minimum Gasteiger partial charge on any atom is -0.505 e. The first kappa shape index (κ1) is 8.38. The molecule has 0 aliphatic rings. The van der Waals surface area contributed by atoms with Crippen LogP contribution >= 0.6 is 0 Å². The Morgan fingerprint density at radius 1 is 1.42 bits per heavy atom. The van der Waals surface area contributed by atoms with Crippen molar-refractivity contribution < 1.29 is 18.8 Å². The zero-order valence-electron chi connectivity index (χ0n) is 5.62. The zero-order chi connectivity index (χ0) is 9.30. The van der Waals surface area contributed by atoms with Crippen LogP contribution in [-0.2, 0) is 0 Å². The molecule has 0 unspecified atom stereocenters. The Hall–Kier alpha value is -1.72. The Balaban J connectivity index is 3.31. The van der Waals surface area contributed by atoms with Gasteiger partial charge in [-0.3, -0.25) is 10.1 Å². The molecular weight excluding hydrogens is 172 g/mol. The molecule has 0 saturated carbocycles. The highest BCUT2D eigenvalue weighted by Crippen LogP contribution is 2.24. The lowest BCUT2D eigenvalue weighted by Gasteiger charge is -1.96. The van der Waals surface area contributed by atoms with Crippen molar-refractivity contribution in [3.63, 3.8) is 0 Å². The Morgan fingerprint density at radius 3 is 2.42 bits per heavy atom. The third-order valence-electron chi connectivity index (χ3n) is 1.20. The minimum absolute atomic E-state index is 0.398. The van der Waals surface area contributed by atoms with E-state index in [0.717, 1.165) is 0 Å². The summed E-state index contributed by atoms with van der Waals surface area (Å²) in [4.78, 5) is 9.09. The summed E-state index contributed by atoms with van der Waals surface area (Å²) >= 11 is 0. The van der Waals surface area contributed by atoms with E-state index in [1.807, 2.05) is 0 Å². The second-order valence-corrected chi connectivity index (χ2v) is 2.02. The number of benzene rings is 1. The topological polar surface area (TPSA) is 63.4 Å². The summed E-state index contributed by atoms with van der Waals surface area (Å²) in [7, 11) is 0. The van der Waals surface area contributed by atoms with Gasteiger partial charge in [-0.1, -0.05) is 0 Å². The van der Waals surface area contributed by atoms with E-state index in [4.69, 9.17) is 5.11 Å². The van der Waals surface area contributed by atoms with E-state index in [-0.39, 0.29) is 0 Å². The number of phenols is 1. The fourth-order valence-corrected chi connectivity index (χ4v) is 0.666. The molecule has 0 aliphatic heterocycles. The number of hydrogen-bond donors (Lipinski definition) is 1. The van der Waals surface area contributed by atoms with Gasteiger partial charge >= 0.3 is 0 Å². The quantitative estimate of drug-likeness (QED) is 0.520. The van der Waals surface area contributed by atoms with Crippen LogP contribution in [0.1, 0.15) is 0 Å². The highest BCUT2D eigenvalue weighted by molar-refractivity contribution is 5.39. The molecule has 6 heteroatoms. The molecule has 0 aromatic heterocycles. The molecule has 0 spiro atoms. The maximum Gasteiger partial charge on any atom is 0.276 e. The molecule has 0 aliphatic carbocycles. The van der Waals surface area contributed by atoms with Gasteiger partial charge in [0.1, 0.15) is 0 Å². The van der Waals surface area contributed by atoms with Crippen LogP contribution in [0.25, 0.3) is 0 Å². The van der Waals surface area contributed by atoms with E-state index in [9.17, 15) is 18.9 Å². The van der Waals surface area contributed by atoms with Gasteiger partial charge in [0.25, 0.3) is 5.69 Å². The maximum atomic E-state index is 12.4. The summed E-state index contributed by atoms with van der Waals surface area (Å²) in [6, 6.07) is 0.938. The fraction of sp³-hybridized carbons (Fsp3) is 0. The molecule has 0 saturated heterocycles. The van der Waals surface area contributed by atoms with Gasteiger partial charge in [0.2, 0.25) is 5.82 Å². The molecule has 12 heavy (non-hydrogen) atoms. The number of nitrogens with zero attached hydrogens (tertiary/aromatic N) is 1. The number of non-ortho nitro benzene ring substituents is 1. The van der Waals surface area contributed by atoms with Gasteiger partial charge < -0.3 is 5.11 Å². The normalized spacial score (nSPS) is 9.83. The number of nitro benzene ring substituents is 1. The molecule has 0 amide bonds. The molecule has 0 heterocycles. The van der Waals surface area contributed by atoms with Crippen molar-refractivity contribution in [2.45, 2.75) is 0 Å². The Labute approximate surface area is 65.2 Å². The largest absolute Gasteiger partial charge is 0.505 e. The van der Waals surface area contributed by atoms with E-state index in [1.165, 1.54) is 0 Å². The van der Waals surface area contributed by atoms with Crippen LogP contribution in [0, 0.1) is 21.7 Å². The summed E-state index contributed by atoms with van der Waals surface area (Å²) in [5.74, 6) is -4.00. The number of aromatic hydroxyl groups is 1. The third-order valence-corrected chi connectivity index (χ3v) is 1.20. The average molecular weight is 175 g/mol. The van der Waals surface area contributed by atoms with E-state index in [0.29, 0.717) is 12.1 Å². The predicted octanol–water partition coefficient (Wildman–Crippen LogP) is 1.58. The molecule has 0 radical (unpaired) electrons. The highest BCUT2D eigenvalue weighted by atomic mass is 19.2. The van der Waals surface area contributed by atoms with Gasteiger partial charge in [0, 0.05) is 0 Å². The number of nitro groups is 1. The minimum atomic E-state index is -1.49. The van der Waals surface area contributed by atoms with Crippen molar-refractivity contribution in [3.8, 4) is 5.75 Å². The summed E-state index contributed by atoms with van der Waals surface area (Å²) in [6.45, 7) is 0. The first-order chi connectivity index (χ1) is 5.52. The summed E-state index contributed by atoms with van der Waals surface area (Å²) in [5, 5.41) is 18.6. The smallest absolute Gasteiger partial charge is 0.276 e. The molecule has 4 nitrogen and oxygen atoms in total. The lowest BCUT2D eigenvalue weighted by molar-refractivity contribution is -0.385. The van der Waals surface area contributed by atoms with Crippen LogP contribution < -0.4 is 0 Å². The molecule has 0 bridgehead atoms. The van der Waals surface area contributed by atoms with Crippen molar-refractivity contribution >= 4 is 5.69 Å². The van der Waals surface area contributed by atoms with Crippen LogP contribution in [0.5, 0.6) is 5.75 Å². The number of halogens is 2. The first-order valence-corrected chi connectivity index (χ1v) is 2.85. The second-order valence-electron chi connectivity index (χ2n) is 2.02. The van der Waals surface area contributed by atoms with Gasteiger partial charge in [0.15, 0.2) is 11.6 Å². The Bertz CT molecular complexity index is 317. The van der Waals surface area contributed by atoms with Crippen molar-refractivity contribution in [3.05, 3.63) is 33.9 Å². The van der Waals surface area contributed by atoms with E-state index in [2.05, 4.69) is 0 Å². The number of rotatable bonds is 1. The van der Waals surface area contributed by atoms with Gasteiger partial charge in [-0.15, -0.1) is 0 Å². The molecular formula is C6H3F2NO3. The average Bonchev–Trinajstić information content (AvgIpc) is 1.99. The Morgan fingerprint density at radius 2 is 2.00 bits per heavy atom. The lowest BCUT2D eigenvalue weighted by Crippen LogP contribution is -1.91. The highest BCUT2D eigenvalue weighted by Gasteiger charge is 2.15. The monoisotopic (exact) mass is 175 g/mol. The van der Waals surface area contributed by atoms with Gasteiger partial charge in [-0.25, -0.2) is 4.39 Å². The van der Waals surface area contributed by atoms with Gasteiger partial charge in [-0.05, 0) is 0 Å². The number of phenolic OH excluding ortho intramolecular Hbond substituents is 1. The van der Waals surface area contributed by atoms with Crippen molar-refractivity contribution in [1.29, 1.82) is 0 Å². The predicted molar refractivity (Wildman–Crippen MR) is 34.7 cm³/mol. The van der Waals surface area contributed by atoms with Crippen LogP contribution in [-0.4, -0.2) is 10.0 Å². The van der Waals surface area contributed by atoms with Crippen molar-refractivity contribution in [2.75, 3.05) is 0 Å². The summed E-state index contributed by atoms with van der Waals surface area (Å²) in [6.07, 6.45) is 0. The van der Waals surface area contributed by atoms with Gasteiger partial charge in [-0.2, -0.15) is 4.39 Å². The molecule has 1 rings (SSSR count). The SMILES string of the molecule is O=[N+]([O-])c1cc(O)c(F)c(F)c1. The fourth-order valence-electron chi connectivity index (χ4n) is 0.666. The maximum absolute atomic E-state index is 12.4. The number of hydrogen-bond acceptors (Lipinski definition) is 3. The standard InChI is InChI=1S/C6H3F2NO3/c7-4-1-3(9(11)12)2-5(10)6(4)8/h1-2,10H. The van der Waals surface area contributed by atoms with Crippen LogP contribution in [0.3, 0.4) is 0 Å². The van der Waals surface area contributed by atoms with E-state index < -0.39 is 28.0 Å². The second kappa shape index (κ2) is 2.72. The molecule has 1 N–H and O–H groups in total. The Kier molecular flexibility index (Phi) is 1.90. The van der Waals surface area contributed by atoms with E-state index in [1.54, 1.807) is 0 Å². The summed E-state index contributed by atoms with van der Waals surface area (Å²) < 4.78 is 24.7. The van der Waals surface area contributed by atoms with E-state index >= 15 is 0 Å². The van der Waals surface area contributed by atoms with Crippen LogP contribution in [0.4, 0.5) is 14.5 Å². The molecule has 0 atom stereocenters. The third kappa shape index (κ3) is 1.31. The zero-order valence-corrected chi connectivity index (χ0v) is 5.62. The first-order valence-electron chi connectivity index (χ1n) is 2.85. The summed E-state index contributed by atoms with van der Waals surface area (Å²) in [5.41, 5.74) is -0.689. The van der Waals surface area contributed by atoms with Crippen LogP contribution in [0.2, 0.25) is 0 Å². The van der Waals surface area contributed by atoms with Crippen molar-refractivity contribution in [1.82, 2.24) is 0 Å².